The van der Waals surface area contributed by atoms with Crippen molar-refractivity contribution in [2.75, 3.05) is 18.5 Å². The van der Waals surface area contributed by atoms with E-state index in [1.165, 1.54) is 48.7 Å². The van der Waals surface area contributed by atoms with Gasteiger partial charge < -0.3 is 10.2 Å². The Morgan fingerprint density at radius 2 is 2.33 bits per heavy atom. The summed E-state index contributed by atoms with van der Waals surface area (Å²) in [4.78, 5) is 8.54. The van der Waals surface area contributed by atoms with Crippen molar-refractivity contribution in [1.29, 1.82) is 0 Å². The monoisotopic (exact) mass is 267 g/mol. The van der Waals surface area contributed by atoms with Crippen LogP contribution >= 0.6 is 11.3 Å². The molecule has 2 unspecified atom stereocenters. The summed E-state index contributed by atoms with van der Waals surface area (Å²) in [5.41, 5.74) is 0. The molecule has 2 rings (SSSR count). The van der Waals surface area contributed by atoms with Crippen molar-refractivity contribution in [1.82, 2.24) is 10.3 Å². The number of anilines is 1. The molecule has 2 heterocycles. The second-order valence-electron chi connectivity index (χ2n) is 5.16. The van der Waals surface area contributed by atoms with E-state index in [0.717, 1.165) is 0 Å². The maximum Gasteiger partial charge on any atom is 0.185 e. The first-order valence-electron chi connectivity index (χ1n) is 7.16. The molecular weight excluding hydrogens is 242 g/mol. The van der Waals surface area contributed by atoms with Crippen molar-refractivity contribution in [2.45, 2.75) is 58.0 Å². The van der Waals surface area contributed by atoms with Crippen LogP contribution in [-0.2, 0) is 0 Å². The second kappa shape index (κ2) is 6.53. The standard InChI is InChI=1S/C14H25N3S/c1-4-12-8-6-5-7-9-17(12)14-16-10-13(18-14)11(2)15-3/h10-12,15H,4-9H2,1-3H3. The van der Waals surface area contributed by atoms with Crippen molar-refractivity contribution in [3.8, 4) is 0 Å². The van der Waals surface area contributed by atoms with Crippen molar-refractivity contribution >= 4 is 16.5 Å². The van der Waals surface area contributed by atoms with Gasteiger partial charge in [-0.25, -0.2) is 4.98 Å². The third-order valence-electron chi connectivity index (χ3n) is 3.97. The van der Waals surface area contributed by atoms with Gasteiger partial charge in [0.2, 0.25) is 0 Å². The molecule has 4 heteroatoms. The molecule has 0 aromatic carbocycles. The molecule has 0 amide bonds. The molecule has 0 saturated carbocycles. The lowest BCUT2D eigenvalue weighted by atomic mass is 10.1. The van der Waals surface area contributed by atoms with Crippen LogP contribution in [0.3, 0.4) is 0 Å². The summed E-state index contributed by atoms with van der Waals surface area (Å²) in [5, 5.41) is 4.51. The van der Waals surface area contributed by atoms with Gasteiger partial charge in [-0.15, -0.1) is 11.3 Å². The summed E-state index contributed by atoms with van der Waals surface area (Å²) in [6.07, 6.45) is 8.66. The van der Waals surface area contributed by atoms with Crippen LogP contribution in [-0.4, -0.2) is 24.6 Å². The Kier molecular flexibility index (Phi) is 5.01. The fourth-order valence-electron chi connectivity index (χ4n) is 2.61. The van der Waals surface area contributed by atoms with Gasteiger partial charge in [-0.3, -0.25) is 0 Å². The van der Waals surface area contributed by atoms with Gasteiger partial charge in [0.25, 0.3) is 0 Å². The highest BCUT2D eigenvalue weighted by molar-refractivity contribution is 7.15. The molecule has 3 nitrogen and oxygen atoms in total. The fraction of sp³-hybridized carbons (Fsp3) is 0.786. The smallest absolute Gasteiger partial charge is 0.185 e. The van der Waals surface area contributed by atoms with Crippen LogP contribution in [0.4, 0.5) is 5.13 Å². The van der Waals surface area contributed by atoms with Crippen LogP contribution < -0.4 is 10.2 Å². The number of rotatable bonds is 4. The fourth-order valence-corrected chi connectivity index (χ4v) is 3.68. The lowest BCUT2D eigenvalue weighted by Crippen LogP contribution is -2.34. The summed E-state index contributed by atoms with van der Waals surface area (Å²) < 4.78 is 0. The maximum absolute atomic E-state index is 4.65. The van der Waals surface area contributed by atoms with Gasteiger partial charge in [-0.05, 0) is 33.2 Å². The molecule has 1 fully saturated rings. The number of aromatic nitrogens is 1. The Morgan fingerprint density at radius 3 is 3.06 bits per heavy atom. The third-order valence-corrected chi connectivity index (χ3v) is 5.18. The van der Waals surface area contributed by atoms with Gasteiger partial charge in [0, 0.05) is 29.7 Å². The summed E-state index contributed by atoms with van der Waals surface area (Å²) in [5.74, 6) is 0. The molecule has 1 saturated heterocycles. The summed E-state index contributed by atoms with van der Waals surface area (Å²) >= 11 is 1.85. The van der Waals surface area contributed by atoms with E-state index in [1.807, 2.05) is 24.6 Å². The first-order valence-corrected chi connectivity index (χ1v) is 7.97. The molecule has 1 N–H and O–H groups in total. The quantitative estimate of drug-likeness (QED) is 0.903. The van der Waals surface area contributed by atoms with Crippen LogP contribution in [0.15, 0.2) is 6.20 Å². The minimum Gasteiger partial charge on any atom is -0.345 e. The van der Waals surface area contributed by atoms with Crippen molar-refractivity contribution in [2.24, 2.45) is 0 Å². The molecule has 0 spiro atoms. The second-order valence-corrected chi connectivity index (χ2v) is 6.20. The van der Waals surface area contributed by atoms with Crippen LogP contribution in [0.5, 0.6) is 0 Å². The topological polar surface area (TPSA) is 28.2 Å². The van der Waals surface area contributed by atoms with E-state index in [4.69, 9.17) is 0 Å². The number of hydrogen-bond donors (Lipinski definition) is 1. The highest BCUT2D eigenvalue weighted by Gasteiger charge is 2.22. The summed E-state index contributed by atoms with van der Waals surface area (Å²) in [6, 6.07) is 1.10. The number of hydrogen-bond acceptors (Lipinski definition) is 4. The molecular formula is C14H25N3S. The maximum atomic E-state index is 4.65. The number of thiazole rings is 1. The molecule has 0 radical (unpaired) electrons. The summed E-state index contributed by atoms with van der Waals surface area (Å²) in [7, 11) is 2.00. The molecule has 102 valence electrons. The minimum atomic E-state index is 0.406. The Bertz CT molecular complexity index is 364. The minimum absolute atomic E-state index is 0.406. The predicted molar refractivity (Wildman–Crippen MR) is 79.5 cm³/mol. The van der Waals surface area contributed by atoms with Gasteiger partial charge in [0.05, 0.1) is 0 Å². The van der Waals surface area contributed by atoms with Gasteiger partial charge in [-0.2, -0.15) is 0 Å². The Labute approximate surface area is 115 Å². The summed E-state index contributed by atoms with van der Waals surface area (Å²) in [6.45, 7) is 5.67. The van der Waals surface area contributed by atoms with Gasteiger partial charge in [0.15, 0.2) is 5.13 Å². The zero-order valence-corrected chi connectivity index (χ0v) is 12.6. The lowest BCUT2D eigenvalue weighted by Gasteiger charge is -2.28. The lowest BCUT2D eigenvalue weighted by molar-refractivity contribution is 0.555. The Hall–Kier alpha value is -0.610. The molecule has 0 bridgehead atoms. The highest BCUT2D eigenvalue weighted by Crippen LogP contribution is 2.31. The molecule has 2 atom stereocenters. The first kappa shape index (κ1) is 13.8. The first-order chi connectivity index (χ1) is 8.76. The largest absolute Gasteiger partial charge is 0.345 e. The average Bonchev–Trinajstić information content (AvgIpc) is 2.76. The number of nitrogens with one attached hydrogen (secondary N) is 1. The molecule has 1 aromatic rings. The van der Waals surface area contributed by atoms with Crippen LogP contribution in [0.25, 0.3) is 0 Å². The van der Waals surface area contributed by atoms with E-state index in [1.54, 1.807) is 0 Å². The molecule has 1 aliphatic heterocycles. The number of nitrogens with zero attached hydrogens (tertiary/aromatic N) is 2. The van der Waals surface area contributed by atoms with Crippen LogP contribution in [0.1, 0.15) is 56.9 Å². The van der Waals surface area contributed by atoms with E-state index in [-0.39, 0.29) is 0 Å². The van der Waals surface area contributed by atoms with Crippen molar-refractivity contribution in [3.63, 3.8) is 0 Å². The van der Waals surface area contributed by atoms with E-state index < -0.39 is 0 Å². The Balaban J connectivity index is 2.14. The van der Waals surface area contributed by atoms with Gasteiger partial charge >= 0.3 is 0 Å². The van der Waals surface area contributed by atoms with Crippen molar-refractivity contribution < 1.29 is 0 Å². The highest BCUT2D eigenvalue weighted by atomic mass is 32.1. The molecule has 18 heavy (non-hydrogen) atoms. The van der Waals surface area contributed by atoms with Crippen LogP contribution in [0, 0.1) is 0 Å². The Morgan fingerprint density at radius 1 is 1.50 bits per heavy atom. The van der Waals surface area contributed by atoms with E-state index in [2.05, 4.69) is 29.0 Å². The molecule has 1 aromatic heterocycles. The van der Waals surface area contributed by atoms with Crippen molar-refractivity contribution in [3.05, 3.63) is 11.1 Å². The molecule has 0 aliphatic carbocycles. The third kappa shape index (κ3) is 3.04. The van der Waals surface area contributed by atoms with E-state index in [9.17, 15) is 0 Å². The normalized spacial score (nSPS) is 22.8. The van der Waals surface area contributed by atoms with E-state index in [0.29, 0.717) is 12.1 Å². The SMILES string of the molecule is CCC1CCCCCN1c1ncc(C(C)NC)s1. The van der Waals surface area contributed by atoms with Gasteiger partial charge in [0.1, 0.15) is 0 Å². The van der Waals surface area contributed by atoms with Crippen LogP contribution in [0.2, 0.25) is 0 Å². The zero-order valence-electron chi connectivity index (χ0n) is 11.8. The molecule has 1 aliphatic rings. The predicted octanol–water partition coefficient (Wildman–Crippen LogP) is 3.58. The zero-order chi connectivity index (χ0) is 13.0. The average molecular weight is 267 g/mol. The van der Waals surface area contributed by atoms with Gasteiger partial charge in [-0.1, -0.05) is 19.8 Å². The van der Waals surface area contributed by atoms with E-state index >= 15 is 0 Å².